The van der Waals surface area contributed by atoms with E-state index in [1.54, 1.807) is 30.3 Å². The van der Waals surface area contributed by atoms with Crippen molar-refractivity contribution in [3.63, 3.8) is 0 Å². The maximum Gasteiger partial charge on any atom is 0.375 e. The molecule has 1 fully saturated rings. The van der Waals surface area contributed by atoms with Gasteiger partial charge in [-0.25, -0.2) is 13.6 Å². The minimum Gasteiger partial charge on any atom is -0.479 e. The zero-order chi connectivity index (χ0) is 21.1. The highest BCUT2D eigenvalue weighted by Crippen LogP contribution is 2.64. The van der Waals surface area contributed by atoms with E-state index in [4.69, 9.17) is 18.5 Å². The molecule has 1 aliphatic rings. The molecule has 0 amide bonds. The highest BCUT2D eigenvalue weighted by atomic mass is 31.2. The van der Waals surface area contributed by atoms with Crippen LogP contribution < -0.4 is 4.74 Å². The minimum absolute atomic E-state index is 0.169. The fourth-order valence-electron chi connectivity index (χ4n) is 2.56. The fraction of sp³-hybridized carbons (Fsp3) is 0.350. The van der Waals surface area contributed by atoms with Gasteiger partial charge in [-0.1, -0.05) is 44.2 Å². The van der Waals surface area contributed by atoms with E-state index in [-0.39, 0.29) is 24.4 Å². The Labute approximate surface area is 167 Å². The molecule has 0 saturated carbocycles. The summed E-state index contributed by atoms with van der Waals surface area (Å²) < 4.78 is 61.3. The predicted molar refractivity (Wildman–Crippen MR) is 100 cm³/mol. The molecule has 1 aliphatic heterocycles. The van der Waals surface area contributed by atoms with Crippen LogP contribution in [0, 0.1) is 17.0 Å². The van der Waals surface area contributed by atoms with Crippen molar-refractivity contribution in [3.05, 3.63) is 65.7 Å². The van der Waals surface area contributed by atoms with Crippen LogP contribution in [0.15, 0.2) is 48.5 Å². The Balaban J connectivity index is 1.73. The van der Waals surface area contributed by atoms with Crippen LogP contribution in [-0.2, 0) is 23.1 Å². The lowest BCUT2D eigenvalue weighted by Crippen LogP contribution is -2.31. The number of rotatable bonds is 6. The Bertz CT molecular complexity index is 904. The molecule has 0 radical (unpaired) electrons. The maximum atomic E-state index is 13.7. The van der Waals surface area contributed by atoms with Gasteiger partial charge in [0.2, 0.25) is 5.85 Å². The van der Waals surface area contributed by atoms with Gasteiger partial charge < -0.3 is 18.5 Å². The molecule has 0 aromatic heterocycles. The van der Waals surface area contributed by atoms with Crippen molar-refractivity contribution in [2.75, 3.05) is 19.8 Å². The third kappa shape index (κ3) is 5.41. The van der Waals surface area contributed by atoms with Crippen LogP contribution in [0.4, 0.5) is 8.78 Å². The standard InChI is InChI=1S/C20H21F2O6P/c1-20(2)12-26-29(24,27-13-20)19(14-6-4-3-5-7-14)28-18(23)11-25-17-9-8-15(21)10-16(17)22/h3-10,19H,11-13H2,1-2H3. The van der Waals surface area contributed by atoms with Gasteiger partial charge in [0, 0.05) is 17.0 Å². The molecular formula is C20H21F2O6P. The monoisotopic (exact) mass is 426 g/mol. The Morgan fingerprint density at radius 1 is 1.14 bits per heavy atom. The molecule has 1 saturated heterocycles. The Morgan fingerprint density at radius 3 is 2.41 bits per heavy atom. The third-order valence-corrected chi connectivity index (χ3v) is 6.08. The number of benzene rings is 2. The number of hydrogen-bond acceptors (Lipinski definition) is 6. The lowest BCUT2D eigenvalue weighted by atomic mass is 9.97. The molecule has 0 N–H and O–H groups in total. The molecule has 0 aliphatic carbocycles. The summed E-state index contributed by atoms with van der Waals surface area (Å²) in [6, 6.07) is 11.1. The second-order valence-corrected chi connectivity index (χ2v) is 9.43. The molecular weight excluding hydrogens is 405 g/mol. The molecule has 1 unspecified atom stereocenters. The quantitative estimate of drug-likeness (QED) is 0.486. The molecule has 1 atom stereocenters. The second kappa shape index (κ2) is 8.61. The number of esters is 1. The van der Waals surface area contributed by atoms with Crippen LogP contribution in [0.3, 0.4) is 0 Å². The molecule has 156 valence electrons. The normalized spacial score (nSPS) is 18.6. The van der Waals surface area contributed by atoms with Gasteiger partial charge in [0.15, 0.2) is 18.2 Å². The number of ether oxygens (including phenoxy) is 2. The first-order valence-electron chi connectivity index (χ1n) is 8.90. The minimum atomic E-state index is -3.81. The Morgan fingerprint density at radius 2 is 1.79 bits per heavy atom. The van der Waals surface area contributed by atoms with Gasteiger partial charge in [0.25, 0.3) is 0 Å². The van der Waals surface area contributed by atoms with Crippen molar-refractivity contribution in [2.45, 2.75) is 19.7 Å². The number of hydrogen-bond donors (Lipinski definition) is 0. The SMILES string of the molecule is CC1(C)COP(=O)(C(OC(=O)COc2ccc(F)cc2F)c2ccccc2)OC1. The lowest BCUT2D eigenvalue weighted by molar-refractivity contribution is -0.149. The van der Waals surface area contributed by atoms with Gasteiger partial charge in [-0.05, 0) is 12.1 Å². The second-order valence-electron chi connectivity index (χ2n) is 7.37. The smallest absolute Gasteiger partial charge is 0.375 e. The zero-order valence-electron chi connectivity index (χ0n) is 16.0. The summed E-state index contributed by atoms with van der Waals surface area (Å²) in [7, 11) is -3.81. The van der Waals surface area contributed by atoms with Gasteiger partial charge >= 0.3 is 13.6 Å². The zero-order valence-corrected chi connectivity index (χ0v) is 16.9. The third-order valence-electron chi connectivity index (χ3n) is 4.12. The Hall–Kier alpha value is -2.28. The summed E-state index contributed by atoms with van der Waals surface area (Å²) in [5, 5.41) is 0. The van der Waals surface area contributed by atoms with Crippen LogP contribution in [0.5, 0.6) is 5.75 Å². The van der Waals surface area contributed by atoms with Gasteiger partial charge in [-0.3, -0.25) is 4.57 Å². The molecule has 9 heteroatoms. The maximum absolute atomic E-state index is 13.7. The average molecular weight is 426 g/mol. The van der Waals surface area contributed by atoms with E-state index in [0.29, 0.717) is 11.6 Å². The topological polar surface area (TPSA) is 71.1 Å². The fourth-order valence-corrected chi connectivity index (χ4v) is 4.75. The number of carbonyl (C=O) groups excluding carboxylic acids is 1. The van der Waals surface area contributed by atoms with Crippen LogP contribution in [0.2, 0.25) is 0 Å². The number of carbonyl (C=O) groups is 1. The van der Waals surface area contributed by atoms with E-state index >= 15 is 0 Å². The van der Waals surface area contributed by atoms with E-state index in [1.165, 1.54) is 0 Å². The summed E-state index contributed by atoms with van der Waals surface area (Å²) in [4.78, 5) is 12.3. The van der Waals surface area contributed by atoms with Crippen molar-refractivity contribution in [1.29, 1.82) is 0 Å². The van der Waals surface area contributed by atoms with Crippen molar-refractivity contribution >= 4 is 13.6 Å². The van der Waals surface area contributed by atoms with E-state index < -0.39 is 37.7 Å². The van der Waals surface area contributed by atoms with E-state index in [0.717, 1.165) is 12.1 Å². The average Bonchev–Trinajstić information content (AvgIpc) is 2.69. The molecule has 2 aromatic carbocycles. The van der Waals surface area contributed by atoms with Crippen LogP contribution in [-0.4, -0.2) is 25.8 Å². The van der Waals surface area contributed by atoms with Gasteiger partial charge in [-0.15, -0.1) is 0 Å². The molecule has 0 bridgehead atoms. The van der Waals surface area contributed by atoms with Crippen molar-refractivity contribution in [3.8, 4) is 5.75 Å². The summed E-state index contributed by atoms with van der Waals surface area (Å²) in [6.45, 7) is 3.46. The van der Waals surface area contributed by atoms with Gasteiger partial charge in [0.05, 0.1) is 13.2 Å². The van der Waals surface area contributed by atoms with Crippen molar-refractivity contribution in [1.82, 2.24) is 0 Å². The first-order valence-corrected chi connectivity index (χ1v) is 10.5. The first kappa shape index (κ1) is 21.4. The Kier molecular flexibility index (Phi) is 6.36. The van der Waals surface area contributed by atoms with Crippen LogP contribution in [0.1, 0.15) is 25.3 Å². The summed E-state index contributed by atoms with van der Waals surface area (Å²) in [6.07, 6.45) is 0. The molecule has 2 aromatic rings. The summed E-state index contributed by atoms with van der Waals surface area (Å²) >= 11 is 0. The van der Waals surface area contributed by atoms with Gasteiger partial charge in [-0.2, -0.15) is 0 Å². The van der Waals surface area contributed by atoms with Crippen LogP contribution in [0.25, 0.3) is 0 Å². The summed E-state index contributed by atoms with van der Waals surface area (Å²) in [5.74, 6) is -4.23. The van der Waals surface area contributed by atoms with E-state index in [1.807, 2.05) is 13.8 Å². The van der Waals surface area contributed by atoms with Crippen molar-refractivity contribution in [2.24, 2.45) is 5.41 Å². The lowest BCUT2D eigenvalue weighted by Gasteiger charge is -2.36. The molecule has 0 spiro atoms. The predicted octanol–water partition coefficient (Wildman–Crippen LogP) is 4.85. The summed E-state index contributed by atoms with van der Waals surface area (Å²) in [5.41, 5.74) is 0.0967. The van der Waals surface area contributed by atoms with Crippen molar-refractivity contribution < 1.29 is 36.7 Å². The van der Waals surface area contributed by atoms with Gasteiger partial charge in [0.1, 0.15) is 5.82 Å². The molecule has 1 heterocycles. The van der Waals surface area contributed by atoms with Crippen LogP contribution >= 0.6 is 7.60 Å². The highest BCUT2D eigenvalue weighted by molar-refractivity contribution is 7.54. The molecule has 29 heavy (non-hydrogen) atoms. The highest BCUT2D eigenvalue weighted by Gasteiger charge is 2.46. The van der Waals surface area contributed by atoms with E-state index in [2.05, 4.69) is 0 Å². The molecule has 6 nitrogen and oxygen atoms in total. The number of halogens is 2. The molecule has 3 rings (SSSR count). The van der Waals surface area contributed by atoms with E-state index in [9.17, 15) is 18.1 Å². The largest absolute Gasteiger partial charge is 0.479 e. The first-order chi connectivity index (χ1) is 13.7.